The van der Waals surface area contributed by atoms with Gasteiger partial charge in [-0.1, -0.05) is 27.7 Å². The molecule has 0 spiro atoms. The zero-order valence-corrected chi connectivity index (χ0v) is 26.3. The predicted octanol–water partition coefficient (Wildman–Crippen LogP) is 6.07. The minimum Gasteiger partial charge on any atom is -0.362 e. The quantitative estimate of drug-likeness (QED) is 0.102. The zero-order chi connectivity index (χ0) is 29.2. The second kappa shape index (κ2) is 15.7. The Morgan fingerprint density at radius 1 is 1.07 bits per heavy atom. The van der Waals surface area contributed by atoms with Gasteiger partial charge in [-0.05, 0) is 52.4 Å². The summed E-state index contributed by atoms with van der Waals surface area (Å²) in [6.45, 7) is 20.0. The number of imidazole rings is 1. The normalized spacial score (nSPS) is 18.8. The van der Waals surface area contributed by atoms with E-state index < -0.39 is 8.53 Å². The van der Waals surface area contributed by atoms with E-state index in [9.17, 15) is 0 Å². The summed E-state index contributed by atoms with van der Waals surface area (Å²) < 4.78 is 22.9. The number of nitrogens with zero attached hydrogens (tertiary/aromatic N) is 8. The number of fused-ring (bicyclic) bond motifs is 1. The highest BCUT2D eigenvalue weighted by atomic mass is 31.2. The van der Waals surface area contributed by atoms with E-state index in [1.54, 1.807) is 6.33 Å². The highest BCUT2D eigenvalue weighted by Crippen LogP contribution is 2.47. The maximum atomic E-state index is 8.94. The van der Waals surface area contributed by atoms with Crippen LogP contribution in [0.1, 0.15) is 80.9 Å². The van der Waals surface area contributed by atoms with Crippen molar-refractivity contribution in [2.45, 2.75) is 99.1 Å². The molecule has 0 N–H and O–H groups in total. The first-order chi connectivity index (χ1) is 19.1. The Bertz CT molecular complexity index is 1100. The Kier molecular flexibility index (Phi) is 12.7. The lowest BCUT2D eigenvalue weighted by molar-refractivity contribution is -0.0187. The lowest BCUT2D eigenvalue weighted by Crippen LogP contribution is -2.34. The summed E-state index contributed by atoms with van der Waals surface area (Å²) in [5, 5.41) is 8.94. The molecule has 0 saturated carbocycles. The van der Waals surface area contributed by atoms with Crippen LogP contribution in [0.2, 0.25) is 0 Å². The van der Waals surface area contributed by atoms with Crippen LogP contribution in [0.3, 0.4) is 0 Å². The third kappa shape index (κ3) is 9.15. The van der Waals surface area contributed by atoms with Gasteiger partial charge in [-0.2, -0.15) is 5.26 Å². The molecule has 1 aliphatic rings. The van der Waals surface area contributed by atoms with E-state index in [4.69, 9.17) is 24.0 Å². The second-order valence-corrected chi connectivity index (χ2v) is 13.1. The SMILES string of the molecule is CC(C)CN(C=Nc1ncnc2c1ncn2[C@H]1CC[C@@H](COP(OCCC#N)N(C(C)C)C(C)C)O1)CC(C)C. The van der Waals surface area contributed by atoms with E-state index >= 15 is 0 Å². The Balaban J connectivity index is 1.68. The van der Waals surface area contributed by atoms with E-state index in [-0.39, 0.29) is 24.4 Å². The molecule has 1 aliphatic heterocycles. The molecule has 3 atom stereocenters. The second-order valence-electron chi connectivity index (χ2n) is 11.6. The van der Waals surface area contributed by atoms with Gasteiger partial charge in [0.2, 0.25) is 0 Å². The summed E-state index contributed by atoms with van der Waals surface area (Å²) in [5.41, 5.74) is 1.37. The van der Waals surface area contributed by atoms with E-state index in [0.717, 1.165) is 25.9 Å². The lowest BCUT2D eigenvalue weighted by Gasteiger charge is -2.36. The first-order valence-electron chi connectivity index (χ1n) is 14.4. The molecule has 0 aromatic carbocycles. The molecular weight excluding hydrogens is 527 g/mol. The Morgan fingerprint density at radius 3 is 2.40 bits per heavy atom. The third-order valence-corrected chi connectivity index (χ3v) is 8.38. The van der Waals surface area contributed by atoms with E-state index in [1.807, 2.05) is 10.9 Å². The van der Waals surface area contributed by atoms with Crippen molar-refractivity contribution in [2.24, 2.45) is 16.8 Å². The van der Waals surface area contributed by atoms with Crippen molar-refractivity contribution in [1.29, 1.82) is 5.26 Å². The van der Waals surface area contributed by atoms with Gasteiger partial charge < -0.3 is 18.7 Å². The summed E-state index contributed by atoms with van der Waals surface area (Å²) in [6, 6.07) is 2.65. The molecular formula is C28H47N8O3P. The fourth-order valence-corrected chi connectivity index (χ4v) is 6.50. The zero-order valence-electron chi connectivity index (χ0n) is 25.4. The molecule has 0 amide bonds. The number of aromatic nitrogens is 4. The number of rotatable bonds is 16. The Hall–Kier alpha value is -2.22. The fourth-order valence-electron chi connectivity index (χ4n) is 4.86. The Labute approximate surface area is 240 Å². The largest absolute Gasteiger partial charge is 0.362 e. The van der Waals surface area contributed by atoms with Crippen LogP contribution in [-0.2, 0) is 13.8 Å². The number of nitriles is 1. The fraction of sp³-hybridized carbons (Fsp3) is 0.750. The maximum absolute atomic E-state index is 8.94. The molecule has 2 aromatic rings. The summed E-state index contributed by atoms with van der Waals surface area (Å²) in [6.07, 6.45) is 6.93. The number of aliphatic imine (C=N–C) groups is 1. The highest BCUT2D eigenvalue weighted by molar-refractivity contribution is 7.44. The van der Waals surface area contributed by atoms with Crippen LogP contribution >= 0.6 is 8.53 Å². The Morgan fingerprint density at radius 2 is 1.77 bits per heavy atom. The lowest BCUT2D eigenvalue weighted by atomic mass is 10.1. The van der Waals surface area contributed by atoms with Gasteiger partial charge in [-0.15, -0.1) is 0 Å². The van der Waals surface area contributed by atoms with E-state index in [0.29, 0.717) is 48.5 Å². The van der Waals surface area contributed by atoms with Gasteiger partial charge in [-0.3, -0.25) is 4.57 Å². The van der Waals surface area contributed by atoms with Crippen LogP contribution in [-0.4, -0.2) is 79.9 Å². The molecule has 1 saturated heterocycles. The molecule has 2 aromatic heterocycles. The molecule has 11 nitrogen and oxygen atoms in total. The summed E-state index contributed by atoms with van der Waals surface area (Å²) in [5.74, 6) is 1.62. The average Bonchev–Trinajstić information content (AvgIpc) is 3.52. The molecule has 12 heteroatoms. The smallest absolute Gasteiger partial charge is 0.259 e. The monoisotopic (exact) mass is 574 g/mol. The van der Waals surface area contributed by atoms with Crippen LogP contribution in [0.25, 0.3) is 11.2 Å². The molecule has 1 fully saturated rings. The maximum Gasteiger partial charge on any atom is 0.259 e. The van der Waals surface area contributed by atoms with Gasteiger partial charge in [0.1, 0.15) is 12.6 Å². The van der Waals surface area contributed by atoms with E-state index in [1.165, 1.54) is 6.33 Å². The molecule has 222 valence electrons. The standard InChI is InChI=1S/C28H47N8O3P/c1-20(2)14-34(15-21(3)4)18-33-27-26-28(31-17-30-27)35(19-32-26)25-11-10-24(39-25)16-38-40(37-13-9-12-29)36(22(5)6)23(7)8/h17-25H,9-11,13-16H2,1-8H3/t24-,25+,40?/m0/s1. The molecule has 3 rings (SSSR count). The van der Waals surface area contributed by atoms with Crippen LogP contribution in [0.15, 0.2) is 17.6 Å². The number of hydrogen-bond donors (Lipinski definition) is 0. The minimum atomic E-state index is -1.30. The van der Waals surface area contributed by atoms with Crippen LogP contribution in [0.5, 0.6) is 0 Å². The van der Waals surface area contributed by atoms with Crippen LogP contribution in [0, 0.1) is 23.2 Å². The van der Waals surface area contributed by atoms with Gasteiger partial charge in [0.15, 0.2) is 17.0 Å². The first-order valence-corrected chi connectivity index (χ1v) is 15.6. The van der Waals surface area contributed by atoms with Crippen LogP contribution in [0.4, 0.5) is 5.82 Å². The summed E-state index contributed by atoms with van der Waals surface area (Å²) >= 11 is 0. The molecule has 1 unspecified atom stereocenters. The van der Waals surface area contributed by atoms with Gasteiger partial charge in [0.25, 0.3) is 8.53 Å². The van der Waals surface area contributed by atoms with Gasteiger partial charge in [0.05, 0.1) is 44.5 Å². The van der Waals surface area contributed by atoms with Gasteiger partial charge >= 0.3 is 0 Å². The molecule has 0 radical (unpaired) electrons. The summed E-state index contributed by atoms with van der Waals surface area (Å²) in [7, 11) is -1.30. The van der Waals surface area contributed by atoms with Crippen molar-refractivity contribution >= 4 is 31.8 Å². The molecule has 0 aliphatic carbocycles. The van der Waals surface area contributed by atoms with Crippen LogP contribution < -0.4 is 0 Å². The predicted molar refractivity (Wildman–Crippen MR) is 159 cm³/mol. The van der Waals surface area contributed by atoms with Crippen molar-refractivity contribution in [2.75, 3.05) is 26.3 Å². The third-order valence-electron chi connectivity index (χ3n) is 6.31. The topological polar surface area (TPSA) is 114 Å². The van der Waals surface area contributed by atoms with Crippen molar-refractivity contribution in [3.05, 3.63) is 12.7 Å². The first kappa shape index (κ1) is 32.3. The number of ether oxygens (including phenoxy) is 1. The van der Waals surface area contributed by atoms with Gasteiger partial charge in [-0.25, -0.2) is 24.6 Å². The van der Waals surface area contributed by atoms with E-state index in [2.05, 4.69) is 86.0 Å². The summed E-state index contributed by atoms with van der Waals surface area (Å²) in [4.78, 5) is 20.5. The van der Waals surface area contributed by atoms with Crippen molar-refractivity contribution < 1.29 is 13.8 Å². The van der Waals surface area contributed by atoms with Crippen molar-refractivity contribution in [3.63, 3.8) is 0 Å². The van der Waals surface area contributed by atoms with Crippen molar-refractivity contribution in [1.82, 2.24) is 29.1 Å². The number of hydrogen-bond acceptors (Lipinski definition) is 9. The molecule has 0 bridgehead atoms. The minimum absolute atomic E-state index is 0.0758. The molecule has 40 heavy (non-hydrogen) atoms. The molecule has 3 heterocycles. The highest BCUT2D eigenvalue weighted by Gasteiger charge is 2.32. The van der Waals surface area contributed by atoms with Crippen molar-refractivity contribution in [3.8, 4) is 6.07 Å². The van der Waals surface area contributed by atoms with Gasteiger partial charge in [0, 0.05) is 25.2 Å². The average molecular weight is 575 g/mol.